The minimum atomic E-state index is -4.85. The number of aromatic nitrogens is 2. The topological polar surface area (TPSA) is 46.9 Å². The predicted octanol–water partition coefficient (Wildman–Crippen LogP) is 1.68. The summed E-state index contributed by atoms with van der Waals surface area (Å²) in [5.74, 6) is 0. The van der Waals surface area contributed by atoms with E-state index in [1.54, 1.807) is 0 Å². The van der Waals surface area contributed by atoms with Crippen LogP contribution in [0.4, 0.5) is 22.7 Å². The molecule has 1 heterocycles. The van der Waals surface area contributed by atoms with Crippen molar-refractivity contribution < 1.29 is 17.1 Å². The summed E-state index contributed by atoms with van der Waals surface area (Å²) in [6, 6.07) is 0. The molecule has 0 saturated heterocycles. The molecular formula is C6H5F4N3OS. The highest BCUT2D eigenvalue weighted by Gasteiger charge is 2.38. The van der Waals surface area contributed by atoms with E-state index in [2.05, 4.69) is 10.4 Å². The Morgan fingerprint density at radius 3 is 2.53 bits per heavy atom. The normalized spacial score (nSPS) is 11.5. The number of anilines is 1. The lowest BCUT2D eigenvalue weighted by Crippen LogP contribution is -2.28. The molecule has 15 heavy (non-hydrogen) atoms. The lowest BCUT2D eigenvalue weighted by atomic mass is 10.2. The van der Waals surface area contributed by atoms with Gasteiger partial charge in [0.1, 0.15) is 5.56 Å². The number of nitrogens with zero attached hydrogens (tertiary/aromatic N) is 2. The van der Waals surface area contributed by atoms with E-state index in [1.165, 1.54) is 7.05 Å². The van der Waals surface area contributed by atoms with Crippen LogP contribution < -0.4 is 10.9 Å². The Bertz CT molecular complexity index is 416. The second-order valence-electron chi connectivity index (χ2n) is 2.43. The van der Waals surface area contributed by atoms with Crippen molar-refractivity contribution in [2.24, 2.45) is 0 Å². The summed E-state index contributed by atoms with van der Waals surface area (Å²) < 4.78 is 49.2. The van der Waals surface area contributed by atoms with E-state index in [1.807, 2.05) is 0 Å². The van der Waals surface area contributed by atoms with Crippen molar-refractivity contribution in [3.63, 3.8) is 0 Å². The molecule has 0 bridgehead atoms. The van der Waals surface area contributed by atoms with E-state index in [-0.39, 0.29) is 4.09 Å². The van der Waals surface area contributed by atoms with Gasteiger partial charge in [0.25, 0.3) is 5.56 Å². The van der Waals surface area contributed by atoms with E-state index in [0.29, 0.717) is 0 Å². The number of hydrogen-bond donors (Lipinski definition) is 1. The summed E-state index contributed by atoms with van der Waals surface area (Å²) in [5, 5.41) is 5.34. The van der Waals surface area contributed by atoms with Crippen LogP contribution in [0.5, 0.6) is 0 Å². The van der Waals surface area contributed by atoms with Gasteiger partial charge < -0.3 is 5.32 Å². The van der Waals surface area contributed by atoms with Gasteiger partial charge in [-0.05, 0) is 0 Å². The van der Waals surface area contributed by atoms with E-state index >= 15 is 0 Å². The van der Waals surface area contributed by atoms with Crippen LogP contribution in [-0.4, -0.2) is 16.2 Å². The lowest BCUT2D eigenvalue weighted by Gasteiger charge is -2.11. The second-order valence-corrected chi connectivity index (χ2v) is 2.91. The maximum absolute atomic E-state index is 12.4. The first-order valence-electron chi connectivity index (χ1n) is 3.58. The van der Waals surface area contributed by atoms with Crippen LogP contribution in [-0.2, 0) is 6.18 Å². The molecule has 0 aliphatic carbocycles. The van der Waals surface area contributed by atoms with Crippen molar-refractivity contribution >= 4 is 18.0 Å². The molecule has 0 amide bonds. The number of rotatable bonds is 2. The first-order chi connectivity index (χ1) is 6.91. The van der Waals surface area contributed by atoms with Gasteiger partial charge in [0.15, 0.2) is 12.3 Å². The first kappa shape index (κ1) is 11.8. The highest BCUT2D eigenvalue weighted by Crippen LogP contribution is 2.31. The van der Waals surface area contributed by atoms with Gasteiger partial charge in [0.05, 0.1) is 11.9 Å². The van der Waals surface area contributed by atoms with Crippen molar-refractivity contribution in [1.29, 1.82) is 0 Å². The van der Waals surface area contributed by atoms with Crippen LogP contribution >= 0.6 is 12.3 Å². The Morgan fingerprint density at radius 2 is 2.13 bits per heavy atom. The molecule has 0 radical (unpaired) electrons. The Labute approximate surface area is 85.7 Å². The van der Waals surface area contributed by atoms with Crippen molar-refractivity contribution in [1.82, 2.24) is 9.19 Å². The Morgan fingerprint density at radius 1 is 1.53 bits per heavy atom. The fourth-order valence-electron chi connectivity index (χ4n) is 0.951. The highest BCUT2D eigenvalue weighted by molar-refractivity contribution is 7.92. The van der Waals surface area contributed by atoms with Gasteiger partial charge in [0.2, 0.25) is 0 Å². The molecule has 0 aliphatic rings. The van der Waals surface area contributed by atoms with E-state index in [4.69, 9.17) is 0 Å². The van der Waals surface area contributed by atoms with Gasteiger partial charge in [-0.15, -0.1) is 7.97 Å². The van der Waals surface area contributed by atoms with Crippen LogP contribution in [0.25, 0.3) is 0 Å². The summed E-state index contributed by atoms with van der Waals surface area (Å²) in [4.78, 5) is 11.1. The fourth-order valence-corrected chi connectivity index (χ4v) is 1.19. The number of halogens is 4. The zero-order valence-electron chi connectivity index (χ0n) is 7.30. The number of alkyl halides is 3. The summed E-state index contributed by atoms with van der Waals surface area (Å²) in [6.07, 6.45) is -4.12. The van der Waals surface area contributed by atoms with Crippen molar-refractivity contribution in [2.45, 2.75) is 6.18 Å². The largest absolute Gasteiger partial charge is 0.423 e. The summed E-state index contributed by atoms with van der Waals surface area (Å²) in [5.41, 5.74) is -3.50. The summed E-state index contributed by atoms with van der Waals surface area (Å²) in [6.45, 7) is 0. The molecule has 0 aromatic carbocycles. The van der Waals surface area contributed by atoms with Crippen LogP contribution in [0.1, 0.15) is 5.56 Å². The standard InChI is InChI=1S/C6H5F4N3OS/c1-11-3-2-12-13(15-10)5(14)4(3)6(7,8)9/h2,11H,1H3. The molecule has 0 fully saturated rings. The molecule has 1 N–H and O–H groups in total. The van der Waals surface area contributed by atoms with E-state index in [0.717, 1.165) is 6.20 Å². The molecule has 0 spiro atoms. The summed E-state index contributed by atoms with van der Waals surface area (Å²) in [7, 11) is 1.21. The highest BCUT2D eigenvalue weighted by atomic mass is 32.2. The summed E-state index contributed by atoms with van der Waals surface area (Å²) >= 11 is -0.690. The van der Waals surface area contributed by atoms with Gasteiger partial charge in [-0.1, -0.05) is 0 Å². The fraction of sp³-hybridized carbons (Fsp3) is 0.333. The molecule has 84 valence electrons. The number of nitrogens with one attached hydrogen (secondary N) is 1. The smallest absolute Gasteiger partial charge is 0.386 e. The van der Waals surface area contributed by atoms with Gasteiger partial charge in [0, 0.05) is 7.05 Å². The molecule has 9 heteroatoms. The SMILES string of the molecule is CNc1cnn(SF)c(=O)c1C(F)(F)F. The van der Waals surface area contributed by atoms with Crippen LogP contribution in [0.15, 0.2) is 11.0 Å². The van der Waals surface area contributed by atoms with E-state index < -0.39 is 35.3 Å². The molecule has 0 saturated carbocycles. The van der Waals surface area contributed by atoms with Crippen LogP contribution in [0.3, 0.4) is 0 Å². The minimum Gasteiger partial charge on any atom is -0.386 e. The minimum absolute atomic E-state index is 0.0175. The second kappa shape index (κ2) is 4.09. The Kier molecular flexibility index (Phi) is 3.22. The predicted molar refractivity (Wildman–Crippen MR) is 47.1 cm³/mol. The quantitative estimate of drug-likeness (QED) is 0.803. The third kappa shape index (κ3) is 2.22. The molecule has 0 unspecified atom stereocenters. The van der Waals surface area contributed by atoms with E-state index in [9.17, 15) is 21.9 Å². The Balaban J connectivity index is 3.51. The van der Waals surface area contributed by atoms with Gasteiger partial charge in [-0.3, -0.25) is 4.79 Å². The van der Waals surface area contributed by atoms with Crippen LogP contribution in [0, 0.1) is 0 Å². The number of hydrogen-bond acceptors (Lipinski definition) is 4. The first-order valence-corrected chi connectivity index (χ1v) is 4.25. The monoisotopic (exact) mass is 243 g/mol. The maximum atomic E-state index is 12.4. The lowest BCUT2D eigenvalue weighted by molar-refractivity contribution is -0.138. The molecule has 0 atom stereocenters. The average molecular weight is 243 g/mol. The zero-order chi connectivity index (χ0) is 11.6. The third-order valence-electron chi connectivity index (χ3n) is 1.57. The molecule has 1 rings (SSSR count). The van der Waals surface area contributed by atoms with Crippen molar-refractivity contribution in [3.8, 4) is 0 Å². The van der Waals surface area contributed by atoms with Gasteiger partial charge in [-0.25, -0.2) is 0 Å². The van der Waals surface area contributed by atoms with Gasteiger partial charge >= 0.3 is 6.18 Å². The van der Waals surface area contributed by atoms with Crippen molar-refractivity contribution in [2.75, 3.05) is 12.4 Å². The third-order valence-corrected chi connectivity index (χ3v) is 1.96. The van der Waals surface area contributed by atoms with Crippen molar-refractivity contribution in [3.05, 3.63) is 22.1 Å². The molecule has 1 aromatic heterocycles. The maximum Gasteiger partial charge on any atom is 0.423 e. The molecule has 1 aromatic rings. The van der Waals surface area contributed by atoms with Gasteiger partial charge in [-0.2, -0.15) is 18.3 Å². The molecule has 4 nitrogen and oxygen atoms in total. The van der Waals surface area contributed by atoms with Crippen LogP contribution in [0.2, 0.25) is 0 Å². The average Bonchev–Trinajstić information content (AvgIpc) is 2.15. The Hall–Kier alpha value is -1.25. The zero-order valence-corrected chi connectivity index (χ0v) is 8.12. The molecular weight excluding hydrogens is 238 g/mol. The molecule has 0 aliphatic heterocycles.